The highest BCUT2D eigenvalue weighted by Crippen LogP contribution is 2.36. The molecule has 0 aliphatic carbocycles. The molecule has 31 heavy (non-hydrogen) atoms. The fourth-order valence-corrected chi connectivity index (χ4v) is 3.41. The van der Waals surface area contributed by atoms with Crippen LogP contribution in [0.4, 0.5) is 5.69 Å². The molecular formula is C23H27N5O3. The second-order valence-electron chi connectivity index (χ2n) is 7.01. The van der Waals surface area contributed by atoms with Crippen LogP contribution in [0.2, 0.25) is 0 Å². The molecule has 0 bridgehead atoms. The van der Waals surface area contributed by atoms with Gasteiger partial charge in [0, 0.05) is 30.7 Å². The van der Waals surface area contributed by atoms with Crippen molar-refractivity contribution in [2.24, 2.45) is 11.7 Å². The maximum atomic E-state index is 8.94. The number of fused-ring (bicyclic) bond motifs is 1. The zero-order valence-electron chi connectivity index (χ0n) is 17.7. The Kier molecular flexibility index (Phi) is 7.42. The van der Waals surface area contributed by atoms with Gasteiger partial charge in [-0.15, -0.1) is 0 Å². The summed E-state index contributed by atoms with van der Waals surface area (Å²) in [5, 5.41) is 1.61. The smallest absolute Gasteiger partial charge is 0.221 e. The van der Waals surface area contributed by atoms with E-state index in [2.05, 4.69) is 31.0 Å². The molecule has 0 spiro atoms. The van der Waals surface area contributed by atoms with Crippen LogP contribution in [0.3, 0.4) is 0 Å². The molecule has 0 fully saturated rings. The zero-order chi connectivity index (χ0) is 22.2. The van der Waals surface area contributed by atoms with E-state index in [0.29, 0.717) is 18.9 Å². The number of para-hydroxylation sites is 1. The summed E-state index contributed by atoms with van der Waals surface area (Å²) in [5.41, 5.74) is 7.98. The highest BCUT2D eigenvalue weighted by atomic mass is 16.5. The number of nitrogens with one attached hydrogen (secondary N) is 1. The Labute approximate surface area is 181 Å². The van der Waals surface area contributed by atoms with E-state index in [1.54, 1.807) is 10.4 Å². The number of anilines is 1. The number of carbonyl (C=O) groups is 1. The van der Waals surface area contributed by atoms with Crippen molar-refractivity contribution >= 4 is 12.1 Å². The molecule has 0 saturated heterocycles. The first-order chi connectivity index (χ1) is 15.0. The highest BCUT2D eigenvalue weighted by Gasteiger charge is 2.18. The van der Waals surface area contributed by atoms with Gasteiger partial charge in [0.2, 0.25) is 12.3 Å². The summed E-state index contributed by atoms with van der Waals surface area (Å²) < 4.78 is 11.8. The third kappa shape index (κ3) is 5.30. The van der Waals surface area contributed by atoms with Crippen LogP contribution >= 0.6 is 0 Å². The van der Waals surface area contributed by atoms with Crippen molar-refractivity contribution in [3.63, 3.8) is 0 Å². The van der Waals surface area contributed by atoms with E-state index < -0.39 is 0 Å². The number of aromatic nitrogens is 1. The topological polar surface area (TPSA) is 116 Å². The number of hydrogen-bond acceptors (Lipinski definition) is 7. The van der Waals surface area contributed by atoms with Crippen molar-refractivity contribution in [2.45, 2.75) is 20.0 Å². The fourth-order valence-electron chi connectivity index (χ4n) is 3.41. The van der Waals surface area contributed by atoms with E-state index in [1.807, 2.05) is 43.4 Å². The van der Waals surface area contributed by atoms with Gasteiger partial charge in [-0.1, -0.05) is 30.3 Å². The summed E-state index contributed by atoms with van der Waals surface area (Å²) in [7, 11) is 1.83. The molecule has 1 aliphatic rings. The Bertz CT molecular complexity index is 1040. The van der Waals surface area contributed by atoms with Crippen molar-refractivity contribution < 1.29 is 14.3 Å². The van der Waals surface area contributed by atoms with E-state index in [0.717, 1.165) is 46.8 Å². The number of carbonyl (C=O) groups excluding carboxylic acids is 1. The number of hydrogen-bond donors (Lipinski definition) is 3. The van der Waals surface area contributed by atoms with E-state index in [4.69, 9.17) is 25.1 Å². The molecule has 1 aromatic heterocycles. The minimum Gasteiger partial charge on any atom is -0.492 e. The van der Waals surface area contributed by atoms with Crippen molar-refractivity contribution in [2.75, 3.05) is 18.7 Å². The molecule has 1 amide bonds. The third-order valence-corrected chi connectivity index (χ3v) is 4.91. The van der Waals surface area contributed by atoms with Crippen molar-refractivity contribution in [1.82, 2.24) is 10.4 Å². The highest BCUT2D eigenvalue weighted by molar-refractivity contribution is 5.70. The molecule has 0 saturated carbocycles. The molecule has 0 atom stereocenters. The second-order valence-corrected chi connectivity index (χ2v) is 7.01. The van der Waals surface area contributed by atoms with Gasteiger partial charge in [-0.2, -0.15) is 0 Å². The minimum absolute atomic E-state index is 0.403. The lowest BCUT2D eigenvalue weighted by Gasteiger charge is -2.19. The van der Waals surface area contributed by atoms with Crippen LogP contribution in [-0.2, 0) is 17.8 Å². The Balaban J connectivity index is 0.000000628. The first kappa shape index (κ1) is 22.1. The predicted octanol–water partition coefficient (Wildman–Crippen LogP) is 2.49. The predicted molar refractivity (Wildman–Crippen MR) is 120 cm³/mol. The lowest BCUT2D eigenvalue weighted by Crippen LogP contribution is -2.26. The van der Waals surface area contributed by atoms with Crippen molar-refractivity contribution in [3.05, 3.63) is 71.3 Å². The maximum absolute atomic E-state index is 8.94. The summed E-state index contributed by atoms with van der Waals surface area (Å²) in [5.74, 6) is 11.9. The molecule has 8 nitrogen and oxygen atoms in total. The molecule has 0 unspecified atom stereocenters. The number of nitrogens with zero attached hydrogens (tertiary/aromatic N) is 2. The van der Waals surface area contributed by atoms with E-state index >= 15 is 0 Å². The Hall–Kier alpha value is -3.62. The number of ether oxygens (including phenoxy) is 2. The van der Waals surface area contributed by atoms with Gasteiger partial charge in [0.15, 0.2) is 0 Å². The summed E-state index contributed by atoms with van der Waals surface area (Å²) in [4.78, 5) is 13.6. The molecule has 8 heteroatoms. The number of pyridine rings is 1. The second kappa shape index (κ2) is 10.4. The number of nitrogens with two attached hydrogens (primary N) is 2. The number of rotatable bonds is 6. The zero-order valence-corrected chi connectivity index (χ0v) is 17.7. The Morgan fingerprint density at radius 3 is 2.68 bits per heavy atom. The average Bonchev–Trinajstić information content (AvgIpc) is 3.27. The number of hydrazine groups is 2. The summed E-state index contributed by atoms with van der Waals surface area (Å²) >= 11 is 0. The van der Waals surface area contributed by atoms with Gasteiger partial charge < -0.3 is 14.5 Å². The van der Waals surface area contributed by atoms with Gasteiger partial charge in [-0.3, -0.25) is 10.2 Å². The quantitative estimate of drug-likeness (QED) is 0.242. The normalized spacial score (nSPS) is 11.5. The van der Waals surface area contributed by atoms with Crippen LogP contribution in [0.15, 0.2) is 54.6 Å². The summed E-state index contributed by atoms with van der Waals surface area (Å²) in [6.45, 7) is 3.19. The standard InChI is InChI=1S/C22H23N3O2.CH4N2O/c1-15-6-3-10-20(25(2)23)18(15)14-27-21-11-5-9-19(24-21)17-8-4-7-16-12-13-26-22(16)17;2-3-1-4/h3-11H,12-14,23H2,1-2H3;1H,2H2,(H,3,4). The molecule has 2 aromatic carbocycles. The largest absolute Gasteiger partial charge is 0.492 e. The molecule has 162 valence electrons. The number of benzene rings is 2. The van der Waals surface area contributed by atoms with Crippen LogP contribution in [-0.4, -0.2) is 25.0 Å². The van der Waals surface area contributed by atoms with E-state index in [1.165, 1.54) is 5.56 Å². The van der Waals surface area contributed by atoms with Crippen molar-refractivity contribution in [3.8, 4) is 22.9 Å². The molecule has 2 heterocycles. The molecule has 3 aromatic rings. The fraction of sp³-hybridized carbons (Fsp3) is 0.217. The Morgan fingerprint density at radius 1 is 1.19 bits per heavy atom. The Morgan fingerprint density at radius 2 is 1.94 bits per heavy atom. The first-order valence-corrected chi connectivity index (χ1v) is 9.86. The van der Waals surface area contributed by atoms with Gasteiger partial charge in [-0.05, 0) is 36.2 Å². The minimum atomic E-state index is 0.403. The third-order valence-electron chi connectivity index (χ3n) is 4.91. The van der Waals surface area contributed by atoms with Crippen molar-refractivity contribution in [1.29, 1.82) is 0 Å². The molecule has 4 rings (SSSR count). The molecular weight excluding hydrogens is 394 g/mol. The molecule has 5 N–H and O–H groups in total. The monoisotopic (exact) mass is 421 g/mol. The number of aryl methyl sites for hydroxylation is 1. The SMILES string of the molecule is Cc1cccc(N(C)N)c1COc1cccc(-c2cccc3c2OCC3)n1.NNC=O. The lowest BCUT2D eigenvalue weighted by atomic mass is 10.1. The summed E-state index contributed by atoms with van der Waals surface area (Å²) in [6, 6.07) is 18.0. The van der Waals surface area contributed by atoms with Gasteiger partial charge in [0.1, 0.15) is 12.4 Å². The first-order valence-electron chi connectivity index (χ1n) is 9.86. The van der Waals surface area contributed by atoms with Gasteiger partial charge in [0.05, 0.1) is 18.0 Å². The van der Waals surface area contributed by atoms with Gasteiger partial charge in [-0.25, -0.2) is 16.7 Å². The maximum Gasteiger partial charge on any atom is 0.221 e. The van der Waals surface area contributed by atoms with E-state index in [9.17, 15) is 0 Å². The van der Waals surface area contributed by atoms with Crippen LogP contribution < -0.4 is 31.6 Å². The summed E-state index contributed by atoms with van der Waals surface area (Å²) in [6.07, 6.45) is 1.35. The van der Waals surface area contributed by atoms with Crippen LogP contribution in [0.25, 0.3) is 11.3 Å². The average molecular weight is 422 g/mol. The van der Waals surface area contributed by atoms with E-state index in [-0.39, 0.29) is 0 Å². The molecule has 1 aliphatic heterocycles. The number of amides is 1. The van der Waals surface area contributed by atoms with Crippen LogP contribution in [0.1, 0.15) is 16.7 Å². The van der Waals surface area contributed by atoms with Gasteiger partial charge in [0.25, 0.3) is 0 Å². The lowest BCUT2D eigenvalue weighted by molar-refractivity contribution is -0.109. The van der Waals surface area contributed by atoms with Crippen LogP contribution in [0, 0.1) is 6.92 Å². The molecule has 0 radical (unpaired) electrons. The van der Waals surface area contributed by atoms with Gasteiger partial charge >= 0.3 is 0 Å². The van der Waals surface area contributed by atoms with Crippen LogP contribution in [0.5, 0.6) is 11.6 Å².